The van der Waals surface area contributed by atoms with Crippen LogP contribution >= 0.6 is 0 Å². The minimum Gasteiger partial charge on any atom is -0.463 e. The molecule has 6 nitrogen and oxygen atoms in total. The molecule has 0 amide bonds. The van der Waals surface area contributed by atoms with Crippen molar-refractivity contribution in [2.75, 3.05) is 33.0 Å². The van der Waals surface area contributed by atoms with Crippen molar-refractivity contribution in [3.63, 3.8) is 0 Å². The van der Waals surface area contributed by atoms with Crippen LogP contribution in [-0.4, -0.2) is 59.4 Å². The summed E-state index contributed by atoms with van der Waals surface area (Å²) in [7, 11) is 0. The molecule has 0 aromatic carbocycles. The number of carbonyl (C=O) groups excluding carboxylic acids is 1. The van der Waals surface area contributed by atoms with Gasteiger partial charge in [-0.1, -0.05) is 110 Å². The van der Waals surface area contributed by atoms with Crippen molar-refractivity contribution in [3.05, 3.63) is 12.7 Å². The van der Waals surface area contributed by atoms with E-state index in [9.17, 15) is 4.79 Å². The van der Waals surface area contributed by atoms with Crippen LogP contribution < -0.4 is 0 Å². The quantitative estimate of drug-likeness (QED) is 0.104. The first kappa shape index (κ1) is 33.2. The van der Waals surface area contributed by atoms with Gasteiger partial charge in [0.25, 0.3) is 0 Å². The highest BCUT2D eigenvalue weighted by Crippen LogP contribution is 2.14. The molecule has 0 radical (unpaired) electrons. The molecule has 0 aromatic rings. The Morgan fingerprint density at radius 2 is 0.969 bits per heavy atom. The Hall–Kier alpha value is -0.950. The van der Waals surface area contributed by atoms with Crippen molar-refractivity contribution in [1.29, 1.82) is 0 Å². The number of esters is 1. The van der Waals surface area contributed by atoms with E-state index in [4.69, 9.17) is 25.2 Å². The summed E-state index contributed by atoms with van der Waals surface area (Å²) in [5, 5.41) is 34.0. The lowest BCUT2D eigenvalue weighted by Gasteiger charge is -2.23. The predicted molar refractivity (Wildman–Crippen MR) is 131 cm³/mol. The van der Waals surface area contributed by atoms with E-state index in [1.807, 2.05) is 0 Å². The molecule has 0 heterocycles. The van der Waals surface area contributed by atoms with E-state index in [-0.39, 0.29) is 5.97 Å². The standard InChI is InChI=1S/C21H40O2.C5H12O4/c1-3-5-6-7-8-9-10-11-12-13-14-15-16-17-18-19-20-23-21(22)4-2;6-1-5(2-7,3-8)4-9/h4H,2-3,5-20H2,1H3;6-9H,1-4H2. The smallest absolute Gasteiger partial charge is 0.330 e. The number of carbonyl (C=O) groups is 1. The molecule has 0 aliphatic rings. The molecule has 0 atom stereocenters. The second-order valence-electron chi connectivity index (χ2n) is 8.81. The number of unbranched alkanes of at least 4 members (excludes halogenated alkanes) is 15. The third-order valence-electron chi connectivity index (χ3n) is 5.75. The first-order chi connectivity index (χ1) is 15.6. The molecule has 4 N–H and O–H groups in total. The van der Waals surface area contributed by atoms with Gasteiger partial charge in [0.15, 0.2) is 0 Å². The zero-order valence-electron chi connectivity index (χ0n) is 20.7. The molecule has 0 unspecified atom stereocenters. The Labute approximate surface area is 197 Å². The number of hydrogen-bond acceptors (Lipinski definition) is 6. The summed E-state index contributed by atoms with van der Waals surface area (Å²) in [6, 6.07) is 0. The molecule has 192 valence electrons. The molecule has 32 heavy (non-hydrogen) atoms. The van der Waals surface area contributed by atoms with Crippen LogP contribution in [-0.2, 0) is 9.53 Å². The molecule has 6 heteroatoms. The van der Waals surface area contributed by atoms with Crippen LogP contribution in [0.25, 0.3) is 0 Å². The third kappa shape index (κ3) is 22.3. The summed E-state index contributed by atoms with van der Waals surface area (Å²) in [4.78, 5) is 10.8. The minimum atomic E-state index is -1.11. The SMILES string of the molecule is C=CC(=O)OCCCCCCCCCCCCCCCCCC.OCC(CO)(CO)CO. The maximum atomic E-state index is 10.8. The highest BCUT2D eigenvalue weighted by Gasteiger charge is 2.26. The Kier molecular flexibility index (Phi) is 27.3. The molecule has 0 spiro atoms. The van der Waals surface area contributed by atoms with Crippen molar-refractivity contribution in [3.8, 4) is 0 Å². The lowest BCUT2D eigenvalue weighted by molar-refractivity contribution is -0.137. The third-order valence-corrected chi connectivity index (χ3v) is 5.75. The molecule has 0 saturated carbocycles. The Morgan fingerprint density at radius 3 is 1.22 bits per heavy atom. The lowest BCUT2D eigenvalue weighted by Crippen LogP contribution is -2.37. The normalized spacial score (nSPS) is 11.0. The van der Waals surface area contributed by atoms with Gasteiger partial charge in [-0.05, 0) is 6.42 Å². The van der Waals surface area contributed by atoms with Gasteiger partial charge in [-0.2, -0.15) is 0 Å². The number of hydrogen-bond donors (Lipinski definition) is 4. The van der Waals surface area contributed by atoms with Gasteiger partial charge >= 0.3 is 5.97 Å². The van der Waals surface area contributed by atoms with Crippen LogP contribution in [0.3, 0.4) is 0 Å². The average Bonchev–Trinajstić information content (AvgIpc) is 2.83. The van der Waals surface area contributed by atoms with Crippen LogP contribution in [0.5, 0.6) is 0 Å². The van der Waals surface area contributed by atoms with E-state index in [1.165, 1.54) is 102 Å². The molecule has 0 fully saturated rings. The predicted octanol–water partition coefficient (Wildman–Crippen LogP) is 4.92. The molecule has 0 bridgehead atoms. The fourth-order valence-electron chi connectivity index (χ4n) is 3.18. The second-order valence-corrected chi connectivity index (χ2v) is 8.81. The second kappa shape index (κ2) is 26.3. The van der Waals surface area contributed by atoms with Crippen molar-refractivity contribution < 1.29 is 30.0 Å². The molecule has 0 aliphatic heterocycles. The number of rotatable bonds is 22. The van der Waals surface area contributed by atoms with Gasteiger partial charge in [-0.15, -0.1) is 0 Å². The van der Waals surface area contributed by atoms with Crippen LogP contribution in [0.4, 0.5) is 0 Å². The van der Waals surface area contributed by atoms with Gasteiger partial charge in [0.05, 0.1) is 38.4 Å². The van der Waals surface area contributed by atoms with E-state index >= 15 is 0 Å². The van der Waals surface area contributed by atoms with Gasteiger partial charge in [-0.25, -0.2) is 4.79 Å². The van der Waals surface area contributed by atoms with E-state index in [2.05, 4.69) is 13.5 Å². The van der Waals surface area contributed by atoms with Gasteiger partial charge < -0.3 is 25.2 Å². The Balaban J connectivity index is 0. The number of ether oxygens (including phenoxy) is 1. The fraction of sp³-hybridized carbons (Fsp3) is 0.885. The maximum Gasteiger partial charge on any atom is 0.330 e. The monoisotopic (exact) mass is 460 g/mol. The van der Waals surface area contributed by atoms with E-state index in [0.29, 0.717) is 6.61 Å². The highest BCUT2D eigenvalue weighted by molar-refractivity contribution is 5.81. The highest BCUT2D eigenvalue weighted by atomic mass is 16.5. The lowest BCUT2D eigenvalue weighted by atomic mass is 9.93. The van der Waals surface area contributed by atoms with E-state index in [1.54, 1.807) is 0 Å². The summed E-state index contributed by atoms with van der Waals surface area (Å²) in [5.41, 5.74) is -1.11. The van der Waals surface area contributed by atoms with Crippen molar-refractivity contribution in [2.24, 2.45) is 5.41 Å². The van der Waals surface area contributed by atoms with Crippen LogP contribution in [0.2, 0.25) is 0 Å². The van der Waals surface area contributed by atoms with Gasteiger partial charge in [0, 0.05) is 6.08 Å². The Morgan fingerprint density at radius 1 is 0.656 bits per heavy atom. The van der Waals surface area contributed by atoms with Crippen LogP contribution in [0.15, 0.2) is 12.7 Å². The molecular formula is C26H52O6. The first-order valence-electron chi connectivity index (χ1n) is 12.8. The van der Waals surface area contributed by atoms with E-state index < -0.39 is 31.8 Å². The van der Waals surface area contributed by atoms with Gasteiger partial charge in [0.2, 0.25) is 0 Å². The topological polar surface area (TPSA) is 107 Å². The summed E-state index contributed by atoms with van der Waals surface area (Å²) < 4.78 is 4.95. The molecule has 0 aliphatic carbocycles. The summed E-state index contributed by atoms with van der Waals surface area (Å²) >= 11 is 0. The fourth-order valence-corrected chi connectivity index (χ4v) is 3.18. The summed E-state index contributed by atoms with van der Waals surface area (Å²) in [6.45, 7) is 4.58. The maximum absolute atomic E-state index is 10.8. The van der Waals surface area contributed by atoms with Crippen molar-refractivity contribution in [1.82, 2.24) is 0 Å². The largest absolute Gasteiger partial charge is 0.463 e. The summed E-state index contributed by atoms with van der Waals surface area (Å²) in [6.07, 6.45) is 23.0. The van der Waals surface area contributed by atoms with Gasteiger partial charge in [-0.3, -0.25) is 0 Å². The first-order valence-corrected chi connectivity index (χ1v) is 12.8. The molecule has 0 rings (SSSR count). The minimum absolute atomic E-state index is 0.300. The number of aliphatic hydroxyl groups is 4. The molecule has 0 aromatic heterocycles. The zero-order chi connectivity index (χ0) is 24.3. The zero-order valence-corrected chi connectivity index (χ0v) is 20.7. The van der Waals surface area contributed by atoms with Crippen LogP contribution in [0.1, 0.15) is 110 Å². The average molecular weight is 461 g/mol. The Bertz CT molecular complexity index is 378. The summed E-state index contributed by atoms with van der Waals surface area (Å²) in [5.74, 6) is -0.300. The van der Waals surface area contributed by atoms with Crippen molar-refractivity contribution >= 4 is 5.97 Å². The molecule has 0 saturated heterocycles. The number of aliphatic hydroxyl groups excluding tert-OH is 4. The van der Waals surface area contributed by atoms with Gasteiger partial charge in [0.1, 0.15) is 0 Å². The van der Waals surface area contributed by atoms with Crippen molar-refractivity contribution in [2.45, 2.75) is 110 Å². The van der Waals surface area contributed by atoms with Crippen LogP contribution in [0, 0.1) is 5.41 Å². The molecular weight excluding hydrogens is 408 g/mol. The van der Waals surface area contributed by atoms with E-state index in [0.717, 1.165) is 6.42 Å².